The van der Waals surface area contributed by atoms with Crippen LogP contribution >= 0.6 is 11.6 Å². The standard InChI is InChI=1S/C8H8ClN3O/c1-10-4-7-12-8-6(13-7)2-5(9)3-11-8/h2-3,10H,4H2,1H3. The number of pyridine rings is 1. The minimum absolute atomic E-state index is 0.555. The van der Waals surface area contributed by atoms with E-state index < -0.39 is 0 Å². The van der Waals surface area contributed by atoms with Crippen LogP contribution in [0, 0.1) is 0 Å². The monoisotopic (exact) mass is 197 g/mol. The molecule has 0 aromatic carbocycles. The molecule has 0 amide bonds. The van der Waals surface area contributed by atoms with Gasteiger partial charge in [0.2, 0.25) is 5.89 Å². The lowest BCUT2D eigenvalue weighted by atomic mass is 10.5. The Bertz CT molecular complexity index is 426. The Labute approximate surface area is 79.9 Å². The molecule has 13 heavy (non-hydrogen) atoms. The number of oxazole rings is 1. The first-order chi connectivity index (χ1) is 6.29. The zero-order valence-corrected chi connectivity index (χ0v) is 7.80. The maximum absolute atomic E-state index is 5.74. The molecule has 1 N–H and O–H groups in total. The summed E-state index contributed by atoms with van der Waals surface area (Å²) in [7, 11) is 1.83. The molecule has 0 saturated carbocycles. The van der Waals surface area contributed by atoms with Crippen molar-refractivity contribution >= 4 is 22.8 Å². The van der Waals surface area contributed by atoms with Gasteiger partial charge in [0.1, 0.15) is 0 Å². The number of hydrogen-bond donors (Lipinski definition) is 1. The third kappa shape index (κ3) is 1.64. The van der Waals surface area contributed by atoms with Gasteiger partial charge in [-0.3, -0.25) is 0 Å². The molecule has 0 radical (unpaired) electrons. The second-order valence-corrected chi connectivity index (χ2v) is 3.05. The molecular formula is C8H8ClN3O. The van der Waals surface area contributed by atoms with Crippen LogP contribution in [0.1, 0.15) is 5.89 Å². The lowest BCUT2D eigenvalue weighted by Crippen LogP contribution is -2.04. The third-order valence-electron chi connectivity index (χ3n) is 1.59. The summed E-state index contributed by atoms with van der Waals surface area (Å²) < 4.78 is 5.37. The van der Waals surface area contributed by atoms with E-state index in [1.807, 2.05) is 7.05 Å². The van der Waals surface area contributed by atoms with E-state index in [1.165, 1.54) is 0 Å². The van der Waals surface area contributed by atoms with Crippen molar-refractivity contribution in [1.82, 2.24) is 15.3 Å². The minimum Gasteiger partial charge on any atom is -0.437 e. The summed E-state index contributed by atoms with van der Waals surface area (Å²) in [5.41, 5.74) is 1.22. The maximum Gasteiger partial charge on any atom is 0.211 e. The van der Waals surface area contributed by atoms with E-state index in [2.05, 4.69) is 15.3 Å². The van der Waals surface area contributed by atoms with E-state index in [4.69, 9.17) is 16.0 Å². The van der Waals surface area contributed by atoms with Gasteiger partial charge in [0.25, 0.3) is 0 Å². The Morgan fingerprint density at radius 1 is 1.62 bits per heavy atom. The second-order valence-electron chi connectivity index (χ2n) is 2.61. The highest BCUT2D eigenvalue weighted by Crippen LogP contribution is 2.17. The number of fused-ring (bicyclic) bond motifs is 1. The number of hydrogen-bond acceptors (Lipinski definition) is 4. The second kappa shape index (κ2) is 3.32. The molecule has 68 valence electrons. The highest BCUT2D eigenvalue weighted by atomic mass is 35.5. The van der Waals surface area contributed by atoms with E-state index in [1.54, 1.807) is 12.3 Å². The molecule has 0 aliphatic carbocycles. The molecule has 0 fully saturated rings. The van der Waals surface area contributed by atoms with Gasteiger partial charge in [-0.15, -0.1) is 0 Å². The molecule has 0 spiro atoms. The van der Waals surface area contributed by atoms with E-state index in [9.17, 15) is 0 Å². The average molecular weight is 198 g/mol. The molecule has 0 saturated heterocycles. The fourth-order valence-corrected chi connectivity index (χ4v) is 1.22. The smallest absolute Gasteiger partial charge is 0.211 e. The summed E-state index contributed by atoms with van der Waals surface area (Å²) in [6, 6.07) is 1.70. The minimum atomic E-state index is 0.555. The fraction of sp³-hybridized carbons (Fsp3) is 0.250. The lowest BCUT2D eigenvalue weighted by molar-refractivity contribution is 0.511. The first-order valence-electron chi connectivity index (χ1n) is 3.85. The molecule has 5 heteroatoms. The van der Waals surface area contributed by atoms with E-state index in [-0.39, 0.29) is 0 Å². The molecule has 2 rings (SSSR count). The highest BCUT2D eigenvalue weighted by molar-refractivity contribution is 6.30. The van der Waals surface area contributed by atoms with E-state index in [0.29, 0.717) is 28.7 Å². The molecule has 4 nitrogen and oxygen atoms in total. The quantitative estimate of drug-likeness (QED) is 0.795. The fourth-order valence-electron chi connectivity index (χ4n) is 1.07. The highest BCUT2D eigenvalue weighted by Gasteiger charge is 2.05. The van der Waals surface area contributed by atoms with Crippen LogP contribution in [0.15, 0.2) is 16.7 Å². The van der Waals surface area contributed by atoms with Gasteiger partial charge in [0.05, 0.1) is 11.6 Å². The Morgan fingerprint density at radius 3 is 3.23 bits per heavy atom. The summed E-state index contributed by atoms with van der Waals surface area (Å²) in [4.78, 5) is 8.16. The topological polar surface area (TPSA) is 51.0 Å². The SMILES string of the molecule is CNCc1nc2ncc(Cl)cc2o1. The van der Waals surface area contributed by atoms with Crippen molar-refractivity contribution in [2.45, 2.75) is 6.54 Å². The van der Waals surface area contributed by atoms with Crippen molar-refractivity contribution in [3.05, 3.63) is 23.2 Å². The Kier molecular flexibility index (Phi) is 2.16. The predicted octanol–water partition coefficient (Wildman–Crippen LogP) is 1.60. The number of nitrogens with zero attached hydrogens (tertiary/aromatic N) is 2. The zero-order chi connectivity index (χ0) is 9.26. The first kappa shape index (κ1) is 8.47. The van der Waals surface area contributed by atoms with Crippen molar-refractivity contribution in [2.75, 3.05) is 7.05 Å². The molecular weight excluding hydrogens is 190 g/mol. The lowest BCUT2D eigenvalue weighted by Gasteiger charge is -1.88. The van der Waals surface area contributed by atoms with Crippen molar-refractivity contribution in [3.8, 4) is 0 Å². The van der Waals surface area contributed by atoms with Crippen LogP contribution < -0.4 is 5.32 Å². The summed E-state index contributed by atoms with van der Waals surface area (Å²) in [6.45, 7) is 0.591. The van der Waals surface area contributed by atoms with Crippen LogP contribution in [0.3, 0.4) is 0 Å². The van der Waals surface area contributed by atoms with Crippen LogP contribution in [0.4, 0.5) is 0 Å². The van der Waals surface area contributed by atoms with Crippen LogP contribution in [-0.4, -0.2) is 17.0 Å². The molecule has 2 aromatic rings. The third-order valence-corrected chi connectivity index (χ3v) is 1.79. The summed E-state index contributed by atoms with van der Waals surface area (Å²) in [6.07, 6.45) is 1.55. The summed E-state index contributed by atoms with van der Waals surface area (Å²) in [5, 5.41) is 3.50. The van der Waals surface area contributed by atoms with Crippen LogP contribution in [0.5, 0.6) is 0 Å². The molecule has 0 bridgehead atoms. The summed E-state index contributed by atoms with van der Waals surface area (Å²) >= 11 is 5.74. The van der Waals surface area contributed by atoms with Gasteiger partial charge in [0, 0.05) is 12.3 Å². The maximum atomic E-state index is 5.74. The van der Waals surface area contributed by atoms with E-state index >= 15 is 0 Å². The van der Waals surface area contributed by atoms with E-state index in [0.717, 1.165) is 0 Å². The van der Waals surface area contributed by atoms with Crippen LogP contribution in [-0.2, 0) is 6.54 Å². The van der Waals surface area contributed by atoms with Crippen molar-refractivity contribution < 1.29 is 4.42 Å². The van der Waals surface area contributed by atoms with Crippen molar-refractivity contribution in [2.24, 2.45) is 0 Å². The van der Waals surface area contributed by atoms with Gasteiger partial charge < -0.3 is 9.73 Å². The number of aromatic nitrogens is 2. The molecule has 2 aromatic heterocycles. The Hall–Kier alpha value is -1.13. The predicted molar refractivity (Wildman–Crippen MR) is 49.6 cm³/mol. The molecule has 0 unspecified atom stereocenters. The normalized spacial score (nSPS) is 10.9. The zero-order valence-electron chi connectivity index (χ0n) is 7.04. The Morgan fingerprint density at radius 2 is 2.46 bits per heavy atom. The summed E-state index contributed by atoms with van der Waals surface area (Å²) in [5.74, 6) is 0.618. The first-order valence-corrected chi connectivity index (χ1v) is 4.23. The largest absolute Gasteiger partial charge is 0.437 e. The van der Waals surface area contributed by atoms with Crippen LogP contribution in [0.25, 0.3) is 11.2 Å². The van der Waals surface area contributed by atoms with Gasteiger partial charge in [-0.2, -0.15) is 4.98 Å². The number of rotatable bonds is 2. The average Bonchev–Trinajstić information content (AvgIpc) is 2.46. The van der Waals surface area contributed by atoms with Gasteiger partial charge in [-0.05, 0) is 7.05 Å². The van der Waals surface area contributed by atoms with Gasteiger partial charge in [-0.1, -0.05) is 11.6 Å². The van der Waals surface area contributed by atoms with Crippen molar-refractivity contribution in [3.63, 3.8) is 0 Å². The number of halogens is 1. The van der Waals surface area contributed by atoms with Gasteiger partial charge >= 0.3 is 0 Å². The van der Waals surface area contributed by atoms with Gasteiger partial charge in [-0.25, -0.2) is 4.98 Å². The van der Waals surface area contributed by atoms with Crippen molar-refractivity contribution in [1.29, 1.82) is 0 Å². The molecule has 0 aliphatic heterocycles. The van der Waals surface area contributed by atoms with Crippen LogP contribution in [0.2, 0.25) is 5.02 Å². The Balaban J connectivity index is 2.49. The van der Waals surface area contributed by atoms with Gasteiger partial charge in [0.15, 0.2) is 11.2 Å². The molecule has 2 heterocycles. The molecule has 0 atom stereocenters. The number of nitrogens with one attached hydrogen (secondary N) is 1. The molecule has 0 aliphatic rings.